The van der Waals surface area contributed by atoms with E-state index in [1.165, 1.54) is 23.5 Å². The Morgan fingerprint density at radius 1 is 0.923 bits per heavy atom. The van der Waals surface area contributed by atoms with Gasteiger partial charge in [0.2, 0.25) is 0 Å². The Bertz CT molecular complexity index is 1490. The lowest BCUT2D eigenvalue weighted by Gasteiger charge is -2.48. The van der Waals surface area contributed by atoms with Crippen LogP contribution in [0.5, 0.6) is 5.75 Å². The fourth-order valence-electron chi connectivity index (χ4n) is 5.10. The third-order valence-corrected chi connectivity index (χ3v) is 7.93. The first kappa shape index (κ1) is 25.4. The quantitative estimate of drug-likeness (QED) is 0.368. The fraction of sp³-hybridized carbons (Fsp3) is 0.296. The molecule has 0 spiro atoms. The van der Waals surface area contributed by atoms with E-state index in [-0.39, 0.29) is 23.6 Å². The van der Waals surface area contributed by atoms with Gasteiger partial charge in [-0.3, -0.25) is 14.5 Å². The molecule has 2 aliphatic rings. The van der Waals surface area contributed by atoms with E-state index in [2.05, 4.69) is 14.6 Å². The van der Waals surface area contributed by atoms with Crippen LogP contribution in [-0.4, -0.2) is 87.7 Å². The van der Waals surface area contributed by atoms with Crippen molar-refractivity contribution in [2.45, 2.75) is 12.4 Å². The molecule has 0 aliphatic carbocycles. The molecule has 2 amide bonds. The minimum Gasteiger partial charge on any atom is -0.406 e. The van der Waals surface area contributed by atoms with Gasteiger partial charge >= 0.3 is 6.36 Å². The zero-order valence-electron chi connectivity index (χ0n) is 20.7. The van der Waals surface area contributed by atoms with Crippen molar-refractivity contribution in [3.8, 4) is 11.4 Å². The van der Waals surface area contributed by atoms with Gasteiger partial charge < -0.3 is 19.1 Å². The predicted octanol–water partition coefficient (Wildman–Crippen LogP) is 4.27. The van der Waals surface area contributed by atoms with E-state index in [1.807, 2.05) is 38.8 Å². The van der Waals surface area contributed by atoms with Gasteiger partial charge in [0.25, 0.3) is 11.8 Å². The highest BCUT2D eigenvalue weighted by Crippen LogP contribution is 2.27. The second-order valence-electron chi connectivity index (χ2n) is 9.53. The van der Waals surface area contributed by atoms with Gasteiger partial charge in [0, 0.05) is 79.7 Å². The Hall–Kier alpha value is -3.90. The minimum atomic E-state index is -4.74. The number of alkyl halides is 3. The van der Waals surface area contributed by atoms with Crippen molar-refractivity contribution in [1.29, 1.82) is 0 Å². The number of carbonyl (C=O) groups is 2. The maximum atomic E-state index is 13.1. The lowest BCUT2D eigenvalue weighted by Crippen LogP contribution is -2.64. The molecule has 4 heterocycles. The van der Waals surface area contributed by atoms with E-state index in [9.17, 15) is 22.8 Å². The number of aromatic nitrogens is 2. The predicted molar refractivity (Wildman–Crippen MR) is 139 cm³/mol. The molecule has 12 heteroatoms. The molecule has 8 nitrogen and oxygen atoms in total. The minimum absolute atomic E-state index is 0.0215. The average Bonchev–Trinajstić information content (AvgIpc) is 3.58. The Morgan fingerprint density at radius 2 is 1.67 bits per heavy atom. The number of nitrogens with zero attached hydrogens (tertiary/aromatic N) is 5. The molecule has 2 aliphatic heterocycles. The van der Waals surface area contributed by atoms with E-state index < -0.39 is 6.36 Å². The summed E-state index contributed by atoms with van der Waals surface area (Å²) in [6.07, 6.45) is -1.28. The summed E-state index contributed by atoms with van der Waals surface area (Å²) in [5, 5.41) is 3.18. The van der Waals surface area contributed by atoms with Crippen LogP contribution in [0.2, 0.25) is 0 Å². The number of carbonyl (C=O) groups excluding carboxylic acids is 2. The van der Waals surface area contributed by atoms with Crippen molar-refractivity contribution >= 4 is 34.1 Å². The van der Waals surface area contributed by atoms with E-state index in [0.717, 1.165) is 24.0 Å². The first-order valence-electron chi connectivity index (χ1n) is 12.4. The van der Waals surface area contributed by atoms with Gasteiger partial charge in [0.15, 0.2) is 5.01 Å². The summed E-state index contributed by atoms with van der Waals surface area (Å²) in [6.45, 7) is 4.12. The zero-order chi connectivity index (χ0) is 27.1. The monoisotopic (exact) mass is 555 g/mol. The van der Waals surface area contributed by atoms with Crippen molar-refractivity contribution in [3.63, 3.8) is 0 Å². The molecular weight excluding hydrogens is 531 g/mol. The lowest BCUT2D eigenvalue weighted by atomic mass is 10.0. The largest absolute Gasteiger partial charge is 0.573 e. The normalized spacial score (nSPS) is 16.9. The van der Waals surface area contributed by atoms with Crippen LogP contribution in [0, 0.1) is 0 Å². The number of piperazine rings is 1. The number of fused-ring (bicyclic) bond motifs is 1. The van der Waals surface area contributed by atoms with Crippen molar-refractivity contribution in [2.24, 2.45) is 0 Å². The number of thiazole rings is 1. The lowest BCUT2D eigenvalue weighted by molar-refractivity contribution is -0.274. The number of amides is 2. The van der Waals surface area contributed by atoms with Crippen molar-refractivity contribution in [1.82, 2.24) is 24.3 Å². The first-order chi connectivity index (χ1) is 18.7. The van der Waals surface area contributed by atoms with Crippen LogP contribution >= 0.6 is 11.3 Å². The van der Waals surface area contributed by atoms with Crippen LogP contribution in [0.1, 0.15) is 20.2 Å². The summed E-state index contributed by atoms with van der Waals surface area (Å²) >= 11 is 1.35. The molecule has 2 saturated heterocycles. The standard InChI is InChI=1S/C27H24F3N5O3S/c28-27(29,30)38-22-4-2-20(3-5-22)35-9-7-18-15-19(1-6-23(18)35)25(36)34-16-21(17-34)32-10-12-33(13-11-32)26(37)24-31-8-14-39-24/h1-9,14-15,21H,10-13,16-17H2. The molecule has 0 saturated carbocycles. The van der Waals surface area contributed by atoms with Gasteiger partial charge in [-0.05, 0) is 48.5 Å². The number of likely N-dealkylation sites (tertiary alicyclic amines) is 1. The Morgan fingerprint density at radius 3 is 2.33 bits per heavy atom. The molecule has 2 aromatic carbocycles. The van der Waals surface area contributed by atoms with Gasteiger partial charge in [0.1, 0.15) is 5.75 Å². The highest BCUT2D eigenvalue weighted by atomic mass is 32.1. The summed E-state index contributed by atoms with van der Waals surface area (Å²) in [5.41, 5.74) is 2.10. The SMILES string of the molecule is O=C(c1ccc2c(ccn2-c2ccc(OC(F)(F)F)cc2)c1)N1CC(N2CCN(C(=O)c3nccs3)CC2)C1. The van der Waals surface area contributed by atoms with E-state index in [0.29, 0.717) is 42.4 Å². The summed E-state index contributed by atoms with van der Waals surface area (Å²) in [7, 11) is 0. The molecule has 2 fully saturated rings. The maximum absolute atomic E-state index is 13.1. The summed E-state index contributed by atoms with van der Waals surface area (Å²) in [5.74, 6) is -0.339. The molecule has 0 unspecified atom stereocenters. The Labute approximate surface area is 225 Å². The molecule has 0 bridgehead atoms. The number of rotatable bonds is 5. The fourth-order valence-corrected chi connectivity index (χ4v) is 5.70. The van der Waals surface area contributed by atoms with Gasteiger partial charge in [-0.15, -0.1) is 24.5 Å². The third-order valence-electron chi connectivity index (χ3n) is 7.17. The number of benzene rings is 2. The van der Waals surface area contributed by atoms with Crippen LogP contribution in [-0.2, 0) is 0 Å². The van der Waals surface area contributed by atoms with Crippen LogP contribution in [0.4, 0.5) is 13.2 Å². The van der Waals surface area contributed by atoms with Crippen molar-refractivity contribution < 1.29 is 27.5 Å². The molecule has 39 heavy (non-hydrogen) atoms. The number of hydrogen-bond donors (Lipinski definition) is 0. The molecule has 0 N–H and O–H groups in total. The molecule has 0 atom stereocenters. The number of hydrogen-bond acceptors (Lipinski definition) is 6. The molecular formula is C27H24F3N5O3S. The second-order valence-corrected chi connectivity index (χ2v) is 10.4. The van der Waals surface area contributed by atoms with Gasteiger partial charge in [0.05, 0.1) is 5.52 Å². The van der Waals surface area contributed by atoms with Gasteiger partial charge in [-0.1, -0.05) is 0 Å². The van der Waals surface area contributed by atoms with E-state index in [4.69, 9.17) is 0 Å². The number of halogens is 3. The molecule has 6 rings (SSSR count). The van der Waals surface area contributed by atoms with Crippen molar-refractivity contribution in [3.05, 3.63) is 76.9 Å². The molecule has 4 aromatic rings. The smallest absolute Gasteiger partial charge is 0.406 e. The van der Waals surface area contributed by atoms with Crippen LogP contribution in [0.15, 0.2) is 66.3 Å². The van der Waals surface area contributed by atoms with Gasteiger partial charge in [-0.2, -0.15) is 0 Å². The van der Waals surface area contributed by atoms with E-state index >= 15 is 0 Å². The van der Waals surface area contributed by atoms with Crippen LogP contribution in [0.3, 0.4) is 0 Å². The van der Waals surface area contributed by atoms with Gasteiger partial charge in [-0.25, -0.2) is 4.98 Å². The van der Waals surface area contributed by atoms with Crippen LogP contribution < -0.4 is 4.74 Å². The second kappa shape index (κ2) is 10.0. The van der Waals surface area contributed by atoms with Crippen LogP contribution in [0.25, 0.3) is 16.6 Å². The molecule has 2 aromatic heterocycles. The summed E-state index contributed by atoms with van der Waals surface area (Å²) in [4.78, 5) is 35.8. The average molecular weight is 556 g/mol. The van der Waals surface area contributed by atoms with E-state index in [1.54, 1.807) is 29.8 Å². The Kier molecular flexibility index (Phi) is 6.51. The highest BCUT2D eigenvalue weighted by molar-refractivity contribution is 7.11. The highest BCUT2D eigenvalue weighted by Gasteiger charge is 2.37. The third kappa shape index (κ3) is 5.21. The Balaban J connectivity index is 1.05. The first-order valence-corrected chi connectivity index (χ1v) is 13.3. The summed E-state index contributed by atoms with van der Waals surface area (Å²) < 4.78 is 43.1. The molecule has 0 radical (unpaired) electrons. The topological polar surface area (TPSA) is 70.9 Å². The molecule has 202 valence electrons. The zero-order valence-corrected chi connectivity index (χ0v) is 21.5. The van der Waals surface area contributed by atoms with Crippen molar-refractivity contribution in [2.75, 3.05) is 39.3 Å². The number of ether oxygens (including phenoxy) is 1. The summed E-state index contributed by atoms with van der Waals surface area (Å²) in [6, 6.07) is 13.3. The maximum Gasteiger partial charge on any atom is 0.573 e.